The van der Waals surface area contributed by atoms with Crippen molar-refractivity contribution in [2.24, 2.45) is 0 Å². The molecule has 2 aromatic rings. The van der Waals surface area contributed by atoms with E-state index in [2.05, 4.69) is 10.5 Å². The zero-order valence-corrected chi connectivity index (χ0v) is 14.4. The van der Waals surface area contributed by atoms with Gasteiger partial charge in [0.1, 0.15) is 0 Å². The second-order valence-corrected chi connectivity index (χ2v) is 6.88. The third-order valence-electron chi connectivity index (χ3n) is 4.77. The van der Waals surface area contributed by atoms with Crippen LogP contribution in [0.2, 0.25) is 5.02 Å². The van der Waals surface area contributed by atoms with Crippen LogP contribution in [0.15, 0.2) is 28.8 Å². The summed E-state index contributed by atoms with van der Waals surface area (Å²) in [6.07, 6.45) is 4.03. The van der Waals surface area contributed by atoms with Crippen molar-refractivity contribution in [3.63, 3.8) is 0 Å². The van der Waals surface area contributed by atoms with Gasteiger partial charge in [0.2, 0.25) is 11.7 Å². The Morgan fingerprint density at radius 2 is 2.08 bits per heavy atom. The number of halogens is 1. The average molecular weight is 360 g/mol. The minimum Gasteiger partial charge on any atom is -0.350 e. The van der Waals surface area contributed by atoms with E-state index in [9.17, 15) is 9.59 Å². The Balaban J connectivity index is 1.47. The topological polar surface area (TPSA) is 75.4 Å². The number of nitrogens with one attached hydrogen (secondary N) is 1. The van der Waals surface area contributed by atoms with Crippen molar-refractivity contribution in [2.45, 2.75) is 38.1 Å². The monoisotopic (exact) mass is 359 g/mol. The number of rotatable bonds is 3. The number of aryl methyl sites for hydroxylation is 1. The first-order valence-corrected chi connectivity index (χ1v) is 8.84. The van der Waals surface area contributed by atoms with E-state index in [0.29, 0.717) is 23.0 Å². The predicted molar refractivity (Wildman–Crippen MR) is 92.8 cm³/mol. The molecule has 0 bridgehead atoms. The molecule has 25 heavy (non-hydrogen) atoms. The summed E-state index contributed by atoms with van der Waals surface area (Å²) < 4.78 is 5.27. The Morgan fingerprint density at radius 1 is 1.28 bits per heavy atom. The number of hydrogen-bond acceptors (Lipinski definition) is 4. The van der Waals surface area contributed by atoms with Crippen molar-refractivity contribution in [3.05, 3.63) is 46.3 Å². The number of benzene rings is 1. The van der Waals surface area contributed by atoms with Gasteiger partial charge in [0, 0.05) is 18.5 Å². The molecule has 1 saturated heterocycles. The average Bonchev–Trinajstić information content (AvgIpc) is 3.19. The highest BCUT2D eigenvalue weighted by Crippen LogP contribution is 2.29. The lowest BCUT2D eigenvalue weighted by molar-refractivity contribution is -0.117. The van der Waals surface area contributed by atoms with Crippen LogP contribution < -0.4 is 10.2 Å². The molecule has 130 valence electrons. The lowest BCUT2D eigenvalue weighted by Gasteiger charge is -2.18. The SMILES string of the molecule is O=C(N[C@H]1CC(=O)N(c2ccccc2Cl)C1)c1onc2c1CCCC2. The van der Waals surface area contributed by atoms with Gasteiger partial charge in [0.05, 0.1) is 22.4 Å². The molecular weight excluding hydrogens is 342 g/mol. The highest BCUT2D eigenvalue weighted by molar-refractivity contribution is 6.33. The van der Waals surface area contributed by atoms with Gasteiger partial charge in [-0.2, -0.15) is 0 Å². The van der Waals surface area contributed by atoms with Gasteiger partial charge in [-0.1, -0.05) is 28.9 Å². The van der Waals surface area contributed by atoms with E-state index in [0.717, 1.165) is 36.9 Å². The van der Waals surface area contributed by atoms with E-state index in [1.54, 1.807) is 17.0 Å². The molecular formula is C18H18ClN3O3. The number of fused-ring (bicyclic) bond motifs is 1. The third kappa shape index (κ3) is 3.02. The second kappa shape index (κ2) is 6.52. The molecule has 6 nitrogen and oxygen atoms in total. The van der Waals surface area contributed by atoms with Crippen molar-refractivity contribution in [1.82, 2.24) is 10.5 Å². The minimum atomic E-state index is -0.297. The maximum atomic E-state index is 12.5. The minimum absolute atomic E-state index is 0.0574. The molecule has 7 heteroatoms. The summed E-state index contributed by atoms with van der Waals surface area (Å²) in [6, 6.07) is 6.93. The van der Waals surface area contributed by atoms with Gasteiger partial charge < -0.3 is 14.7 Å². The van der Waals surface area contributed by atoms with Gasteiger partial charge in [-0.15, -0.1) is 0 Å². The lowest BCUT2D eigenvalue weighted by atomic mass is 9.96. The summed E-state index contributed by atoms with van der Waals surface area (Å²) in [5, 5.41) is 7.43. The number of para-hydroxylation sites is 1. The number of aromatic nitrogens is 1. The highest BCUT2D eigenvalue weighted by Gasteiger charge is 2.34. The zero-order chi connectivity index (χ0) is 17.4. The molecule has 1 N–H and O–H groups in total. The summed E-state index contributed by atoms with van der Waals surface area (Å²) in [7, 11) is 0. The van der Waals surface area contributed by atoms with Gasteiger partial charge in [0.15, 0.2) is 0 Å². The standard InChI is InChI=1S/C18H18ClN3O3/c19-13-6-2-4-8-15(13)22-10-11(9-16(22)23)20-18(24)17-12-5-1-3-7-14(12)21-25-17/h2,4,6,8,11H,1,3,5,7,9-10H2,(H,20,24)/t11-/m0/s1. The first kappa shape index (κ1) is 16.1. The number of hydrogen-bond donors (Lipinski definition) is 1. The predicted octanol–water partition coefficient (Wildman–Crippen LogP) is 2.74. The van der Waals surface area contributed by atoms with E-state index in [4.69, 9.17) is 16.1 Å². The second-order valence-electron chi connectivity index (χ2n) is 6.47. The van der Waals surface area contributed by atoms with Crippen molar-refractivity contribution in [3.8, 4) is 0 Å². The van der Waals surface area contributed by atoms with Crippen LogP contribution in [0.4, 0.5) is 5.69 Å². The van der Waals surface area contributed by atoms with Crippen molar-refractivity contribution >= 4 is 29.1 Å². The summed E-state index contributed by atoms with van der Waals surface area (Å²) in [4.78, 5) is 26.5. The molecule has 1 aromatic carbocycles. The van der Waals surface area contributed by atoms with Crippen LogP contribution in [0.1, 0.15) is 41.1 Å². The van der Waals surface area contributed by atoms with E-state index in [1.165, 1.54) is 0 Å². The van der Waals surface area contributed by atoms with Crippen LogP contribution in [0.3, 0.4) is 0 Å². The van der Waals surface area contributed by atoms with Crippen molar-refractivity contribution in [2.75, 3.05) is 11.4 Å². The molecule has 1 aliphatic heterocycles. The Hall–Kier alpha value is -2.34. The van der Waals surface area contributed by atoms with E-state index < -0.39 is 0 Å². The van der Waals surface area contributed by atoms with Gasteiger partial charge >= 0.3 is 0 Å². The van der Waals surface area contributed by atoms with Crippen LogP contribution in [0.25, 0.3) is 0 Å². The fourth-order valence-electron chi connectivity index (χ4n) is 3.53. The molecule has 2 amide bonds. The number of carbonyl (C=O) groups excluding carboxylic acids is 2. The fourth-order valence-corrected chi connectivity index (χ4v) is 3.77. The molecule has 1 aliphatic carbocycles. The summed E-state index contributed by atoms with van der Waals surface area (Å²) in [5.74, 6) is -0.0641. The third-order valence-corrected chi connectivity index (χ3v) is 5.09. The van der Waals surface area contributed by atoms with Crippen LogP contribution in [0, 0.1) is 0 Å². The molecule has 1 atom stereocenters. The van der Waals surface area contributed by atoms with Crippen LogP contribution in [-0.2, 0) is 17.6 Å². The maximum absolute atomic E-state index is 12.5. The largest absolute Gasteiger partial charge is 0.350 e. The molecule has 1 aromatic heterocycles. The van der Waals surface area contributed by atoms with Crippen LogP contribution >= 0.6 is 11.6 Å². The Bertz CT molecular complexity index is 833. The number of amides is 2. The van der Waals surface area contributed by atoms with Crippen molar-refractivity contribution < 1.29 is 14.1 Å². The molecule has 0 saturated carbocycles. The van der Waals surface area contributed by atoms with Crippen LogP contribution in [0.5, 0.6) is 0 Å². The van der Waals surface area contributed by atoms with Crippen molar-refractivity contribution in [1.29, 1.82) is 0 Å². The molecule has 0 radical (unpaired) electrons. The first-order chi connectivity index (χ1) is 12.1. The number of nitrogens with zero attached hydrogens (tertiary/aromatic N) is 2. The van der Waals surface area contributed by atoms with E-state index in [1.807, 2.05) is 12.1 Å². The molecule has 2 aliphatic rings. The summed E-state index contributed by atoms with van der Waals surface area (Å²) in [6.45, 7) is 0.393. The summed E-state index contributed by atoms with van der Waals surface area (Å²) >= 11 is 6.18. The summed E-state index contributed by atoms with van der Waals surface area (Å²) in [5.41, 5.74) is 2.47. The first-order valence-electron chi connectivity index (χ1n) is 8.46. The molecule has 4 rings (SSSR count). The Labute approximate surface area is 150 Å². The highest BCUT2D eigenvalue weighted by atomic mass is 35.5. The van der Waals surface area contributed by atoms with Gasteiger partial charge in [-0.05, 0) is 37.8 Å². The van der Waals surface area contributed by atoms with E-state index >= 15 is 0 Å². The Morgan fingerprint density at radius 3 is 2.92 bits per heavy atom. The van der Waals surface area contributed by atoms with Gasteiger partial charge in [0.25, 0.3) is 5.91 Å². The van der Waals surface area contributed by atoms with Gasteiger partial charge in [-0.25, -0.2) is 0 Å². The molecule has 1 fully saturated rings. The van der Waals surface area contributed by atoms with E-state index in [-0.39, 0.29) is 24.3 Å². The number of anilines is 1. The van der Waals surface area contributed by atoms with Gasteiger partial charge in [-0.3, -0.25) is 9.59 Å². The molecule has 0 spiro atoms. The quantitative estimate of drug-likeness (QED) is 0.914. The number of carbonyl (C=O) groups is 2. The normalized spacial score (nSPS) is 19.8. The fraction of sp³-hybridized carbons (Fsp3) is 0.389. The molecule has 2 heterocycles. The maximum Gasteiger partial charge on any atom is 0.290 e. The molecule has 0 unspecified atom stereocenters. The smallest absolute Gasteiger partial charge is 0.290 e. The van der Waals surface area contributed by atoms with Crippen LogP contribution in [-0.4, -0.2) is 29.6 Å². The zero-order valence-electron chi connectivity index (χ0n) is 13.6. The Kier molecular flexibility index (Phi) is 4.21. The lowest BCUT2D eigenvalue weighted by Crippen LogP contribution is -2.37.